The molecular weight excluding hydrogens is 244 g/mol. The summed E-state index contributed by atoms with van der Waals surface area (Å²) in [4.78, 5) is 8.73. The average Bonchev–Trinajstić information content (AvgIpc) is 2.40. The van der Waals surface area contributed by atoms with Crippen LogP contribution in [0.4, 0.5) is 5.69 Å². The van der Waals surface area contributed by atoms with Gasteiger partial charge in [-0.25, -0.2) is 0 Å². The first-order valence-corrected chi connectivity index (χ1v) is 6.00. The number of rotatable bonds is 4. The quantitative estimate of drug-likeness (QED) is 0.824. The number of pyridine rings is 2. The van der Waals surface area contributed by atoms with Crippen LogP contribution in [0.2, 0.25) is 0 Å². The monoisotopic (exact) mass is 258 g/mol. The predicted octanol–water partition coefficient (Wildman–Crippen LogP) is 2.28. The van der Waals surface area contributed by atoms with Gasteiger partial charge in [0.25, 0.3) is 0 Å². The summed E-state index contributed by atoms with van der Waals surface area (Å²) < 4.78 is 0. The van der Waals surface area contributed by atoms with Gasteiger partial charge < -0.3 is 11.1 Å². The molecular formula is C13H14N4S. The number of nitrogens with one attached hydrogen (secondary N) is 1. The Balaban J connectivity index is 2.22. The van der Waals surface area contributed by atoms with Crippen LogP contribution >= 0.6 is 12.2 Å². The fourth-order valence-corrected chi connectivity index (χ4v) is 1.84. The van der Waals surface area contributed by atoms with Crippen molar-refractivity contribution in [1.82, 2.24) is 9.97 Å². The van der Waals surface area contributed by atoms with Gasteiger partial charge in [-0.15, -0.1) is 0 Å². The van der Waals surface area contributed by atoms with Gasteiger partial charge in [-0.1, -0.05) is 18.3 Å². The molecule has 2 heterocycles. The Morgan fingerprint density at radius 1 is 1.33 bits per heavy atom. The van der Waals surface area contributed by atoms with E-state index in [1.807, 2.05) is 25.1 Å². The Hall–Kier alpha value is -2.01. The zero-order valence-corrected chi connectivity index (χ0v) is 10.8. The van der Waals surface area contributed by atoms with Crippen molar-refractivity contribution in [1.29, 1.82) is 0 Å². The van der Waals surface area contributed by atoms with Gasteiger partial charge in [0.15, 0.2) is 0 Å². The van der Waals surface area contributed by atoms with Gasteiger partial charge in [-0.05, 0) is 25.1 Å². The molecule has 92 valence electrons. The van der Waals surface area contributed by atoms with Crippen molar-refractivity contribution >= 4 is 22.9 Å². The number of hydrogen-bond donors (Lipinski definition) is 2. The van der Waals surface area contributed by atoms with Crippen LogP contribution in [0.3, 0.4) is 0 Å². The van der Waals surface area contributed by atoms with Crippen molar-refractivity contribution < 1.29 is 0 Å². The van der Waals surface area contributed by atoms with Crippen molar-refractivity contribution in [2.45, 2.75) is 13.0 Å². The number of nitrogens with two attached hydrogens (primary N) is 1. The second kappa shape index (κ2) is 5.55. The van der Waals surface area contributed by atoms with Crippen LogP contribution in [-0.4, -0.2) is 15.0 Å². The molecule has 3 N–H and O–H groups in total. The Kier molecular flexibility index (Phi) is 3.84. The maximum Gasteiger partial charge on any atom is 0.106 e. The van der Waals surface area contributed by atoms with Gasteiger partial charge >= 0.3 is 0 Å². The highest BCUT2D eigenvalue weighted by Crippen LogP contribution is 2.20. The molecule has 0 aliphatic carbocycles. The number of anilines is 1. The topological polar surface area (TPSA) is 63.8 Å². The second-order valence-corrected chi connectivity index (χ2v) is 4.35. The van der Waals surface area contributed by atoms with Gasteiger partial charge in [0.1, 0.15) is 4.99 Å². The summed E-state index contributed by atoms with van der Waals surface area (Å²) in [6.45, 7) is 2.03. The van der Waals surface area contributed by atoms with E-state index in [1.54, 1.807) is 24.7 Å². The smallest absolute Gasteiger partial charge is 0.106 e. The molecule has 1 atom stereocenters. The van der Waals surface area contributed by atoms with Crippen molar-refractivity contribution in [2.75, 3.05) is 5.32 Å². The largest absolute Gasteiger partial charge is 0.389 e. The van der Waals surface area contributed by atoms with Crippen LogP contribution in [0.25, 0.3) is 0 Å². The van der Waals surface area contributed by atoms with Gasteiger partial charge in [-0.2, -0.15) is 0 Å². The fourth-order valence-electron chi connectivity index (χ4n) is 1.66. The van der Waals surface area contributed by atoms with E-state index in [4.69, 9.17) is 18.0 Å². The van der Waals surface area contributed by atoms with E-state index >= 15 is 0 Å². The first-order valence-electron chi connectivity index (χ1n) is 5.60. The normalized spacial score (nSPS) is 11.8. The first-order chi connectivity index (χ1) is 8.68. The Morgan fingerprint density at radius 3 is 2.83 bits per heavy atom. The maximum absolute atomic E-state index is 5.68. The number of hydrogen-bond acceptors (Lipinski definition) is 4. The molecule has 2 aromatic heterocycles. The first kappa shape index (κ1) is 12.4. The molecule has 4 nitrogen and oxygen atoms in total. The minimum absolute atomic E-state index is 0.0588. The number of nitrogens with zero attached hydrogens (tertiary/aromatic N) is 2. The standard InChI is InChI=1S/C13H14N4S/c1-9(11-4-2-3-6-16-11)17-12-8-15-7-5-10(12)13(14)18/h2-9,17H,1H3,(H2,14,18). The third kappa shape index (κ3) is 2.81. The summed E-state index contributed by atoms with van der Waals surface area (Å²) in [7, 11) is 0. The zero-order chi connectivity index (χ0) is 13.0. The molecule has 0 fully saturated rings. The third-order valence-electron chi connectivity index (χ3n) is 2.59. The van der Waals surface area contributed by atoms with E-state index < -0.39 is 0 Å². The Morgan fingerprint density at radius 2 is 2.17 bits per heavy atom. The van der Waals surface area contributed by atoms with Crippen molar-refractivity contribution in [2.24, 2.45) is 5.73 Å². The average molecular weight is 258 g/mol. The van der Waals surface area contributed by atoms with E-state index in [-0.39, 0.29) is 6.04 Å². The van der Waals surface area contributed by atoms with E-state index in [1.165, 1.54) is 0 Å². The zero-order valence-electron chi connectivity index (χ0n) is 10.00. The highest BCUT2D eigenvalue weighted by molar-refractivity contribution is 7.80. The van der Waals surface area contributed by atoms with Gasteiger partial charge in [0.2, 0.25) is 0 Å². The SMILES string of the molecule is CC(Nc1cnccc1C(N)=S)c1ccccn1. The minimum Gasteiger partial charge on any atom is -0.389 e. The minimum atomic E-state index is 0.0588. The highest BCUT2D eigenvalue weighted by Gasteiger charge is 2.10. The second-order valence-electron chi connectivity index (χ2n) is 3.91. The van der Waals surface area contributed by atoms with Crippen molar-refractivity contribution in [3.05, 3.63) is 54.1 Å². The van der Waals surface area contributed by atoms with Crippen LogP contribution in [-0.2, 0) is 0 Å². The van der Waals surface area contributed by atoms with Gasteiger partial charge in [-0.3, -0.25) is 9.97 Å². The van der Waals surface area contributed by atoms with Gasteiger partial charge in [0, 0.05) is 18.0 Å². The summed E-state index contributed by atoms with van der Waals surface area (Å²) >= 11 is 5.01. The molecule has 0 aliphatic heterocycles. The summed E-state index contributed by atoms with van der Waals surface area (Å²) in [5.74, 6) is 0. The molecule has 0 saturated heterocycles. The lowest BCUT2D eigenvalue weighted by Crippen LogP contribution is -2.15. The fraction of sp³-hybridized carbons (Fsp3) is 0.154. The number of aromatic nitrogens is 2. The summed E-state index contributed by atoms with van der Waals surface area (Å²) in [5, 5.41) is 3.32. The Bertz CT molecular complexity index is 542. The molecule has 0 radical (unpaired) electrons. The molecule has 0 saturated carbocycles. The van der Waals surface area contributed by atoms with Crippen LogP contribution < -0.4 is 11.1 Å². The Labute approximate surface area is 111 Å². The molecule has 0 bridgehead atoms. The van der Waals surface area contributed by atoms with Crippen LogP contribution in [0.5, 0.6) is 0 Å². The number of thiocarbonyl (C=S) groups is 1. The summed E-state index contributed by atoms with van der Waals surface area (Å²) in [6.07, 6.45) is 5.16. The summed E-state index contributed by atoms with van der Waals surface area (Å²) in [5.41, 5.74) is 8.25. The third-order valence-corrected chi connectivity index (χ3v) is 2.81. The van der Waals surface area contributed by atoms with Crippen LogP contribution in [0.1, 0.15) is 24.2 Å². The lowest BCUT2D eigenvalue weighted by Gasteiger charge is -2.16. The molecule has 18 heavy (non-hydrogen) atoms. The summed E-state index contributed by atoms with van der Waals surface area (Å²) in [6, 6.07) is 7.67. The highest BCUT2D eigenvalue weighted by atomic mass is 32.1. The molecule has 2 aromatic rings. The molecule has 0 aromatic carbocycles. The van der Waals surface area contributed by atoms with E-state index in [0.717, 1.165) is 16.9 Å². The van der Waals surface area contributed by atoms with E-state index in [0.29, 0.717) is 4.99 Å². The molecule has 5 heteroatoms. The van der Waals surface area contributed by atoms with Crippen LogP contribution in [0.15, 0.2) is 42.9 Å². The molecule has 0 amide bonds. The molecule has 0 spiro atoms. The predicted molar refractivity (Wildman–Crippen MR) is 76.4 cm³/mol. The molecule has 2 rings (SSSR count). The molecule has 0 aliphatic rings. The van der Waals surface area contributed by atoms with E-state index in [9.17, 15) is 0 Å². The maximum atomic E-state index is 5.68. The van der Waals surface area contributed by atoms with E-state index in [2.05, 4.69) is 15.3 Å². The lowest BCUT2D eigenvalue weighted by molar-refractivity contribution is 0.838. The molecule has 1 unspecified atom stereocenters. The lowest BCUT2D eigenvalue weighted by atomic mass is 10.1. The van der Waals surface area contributed by atoms with Crippen molar-refractivity contribution in [3.63, 3.8) is 0 Å². The van der Waals surface area contributed by atoms with Gasteiger partial charge in [0.05, 0.1) is 23.6 Å². The van der Waals surface area contributed by atoms with Crippen LogP contribution in [0, 0.1) is 0 Å². The van der Waals surface area contributed by atoms with Crippen molar-refractivity contribution in [3.8, 4) is 0 Å².